The summed E-state index contributed by atoms with van der Waals surface area (Å²) in [6, 6.07) is 14.3. The van der Waals surface area contributed by atoms with E-state index >= 15 is 0 Å². The Kier molecular flexibility index (Phi) is 4.81. The number of nitrogens with zero attached hydrogens (tertiary/aromatic N) is 2. The van der Waals surface area contributed by atoms with E-state index in [0.29, 0.717) is 11.3 Å². The molecule has 1 heterocycles. The Morgan fingerprint density at radius 3 is 2.62 bits per heavy atom. The second-order valence-electron chi connectivity index (χ2n) is 5.77. The first kappa shape index (κ1) is 16.1. The molecule has 0 aromatic heterocycles. The van der Waals surface area contributed by atoms with E-state index < -0.39 is 5.82 Å². The van der Waals surface area contributed by atoms with Gasteiger partial charge in [0.25, 0.3) is 0 Å². The molecule has 0 spiro atoms. The predicted octanol–water partition coefficient (Wildman–Crippen LogP) is 4.50. The minimum absolute atomic E-state index is 0.278. The molecule has 0 aliphatic carbocycles. The van der Waals surface area contributed by atoms with Gasteiger partial charge in [-0.15, -0.1) is 0 Å². The van der Waals surface area contributed by atoms with E-state index in [1.165, 1.54) is 18.9 Å². The van der Waals surface area contributed by atoms with Crippen molar-refractivity contribution in [2.75, 3.05) is 25.1 Å². The number of ether oxygens (including phenoxy) is 1. The molecule has 3 nitrogen and oxygen atoms in total. The van der Waals surface area contributed by atoms with Crippen molar-refractivity contribution in [2.45, 2.75) is 12.8 Å². The molecule has 2 aromatic rings. The lowest BCUT2D eigenvalue weighted by Crippen LogP contribution is -2.17. The number of benzene rings is 2. The third kappa shape index (κ3) is 3.26. The highest BCUT2D eigenvalue weighted by molar-refractivity contribution is 5.91. The van der Waals surface area contributed by atoms with Gasteiger partial charge in [0, 0.05) is 36.0 Å². The van der Waals surface area contributed by atoms with Gasteiger partial charge in [0.15, 0.2) is 0 Å². The molecular formula is C20H19FN2O. The largest absolute Gasteiger partial charge is 0.496 e. The molecule has 24 heavy (non-hydrogen) atoms. The molecule has 1 fully saturated rings. The fourth-order valence-electron chi connectivity index (χ4n) is 3.00. The van der Waals surface area contributed by atoms with Crippen LogP contribution < -0.4 is 9.64 Å². The smallest absolute Gasteiger partial charge is 0.131 e. The first-order valence-electron chi connectivity index (χ1n) is 8.02. The van der Waals surface area contributed by atoms with Gasteiger partial charge >= 0.3 is 0 Å². The van der Waals surface area contributed by atoms with Crippen molar-refractivity contribution in [3.05, 3.63) is 59.4 Å². The van der Waals surface area contributed by atoms with Crippen LogP contribution in [0.4, 0.5) is 10.1 Å². The fraction of sp³-hybridized carbons (Fsp3) is 0.250. The normalized spacial score (nSPS) is 14.5. The fourth-order valence-corrected chi connectivity index (χ4v) is 3.00. The molecule has 0 unspecified atom stereocenters. The average molecular weight is 322 g/mol. The lowest BCUT2D eigenvalue weighted by Gasteiger charge is -2.19. The molecule has 4 heteroatoms. The van der Waals surface area contributed by atoms with Crippen molar-refractivity contribution >= 4 is 17.3 Å². The minimum atomic E-state index is -0.405. The number of hydrogen-bond donors (Lipinski definition) is 0. The third-order valence-corrected chi connectivity index (χ3v) is 4.27. The molecule has 0 N–H and O–H groups in total. The Bertz CT molecular complexity index is 802. The Morgan fingerprint density at radius 2 is 1.96 bits per heavy atom. The molecule has 0 saturated carbocycles. The molecule has 0 radical (unpaired) electrons. The average Bonchev–Trinajstić information content (AvgIpc) is 3.15. The number of anilines is 1. The second kappa shape index (κ2) is 7.18. The zero-order valence-corrected chi connectivity index (χ0v) is 13.6. The van der Waals surface area contributed by atoms with Gasteiger partial charge in [-0.05, 0) is 37.1 Å². The molecular weight excluding hydrogens is 303 g/mol. The highest BCUT2D eigenvalue weighted by atomic mass is 19.1. The van der Waals surface area contributed by atoms with Crippen molar-refractivity contribution in [3.8, 4) is 11.8 Å². The summed E-state index contributed by atoms with van der Waals surface area (Å²) in [4.78, 5) is 2.32. The van der Waals surface area contributed by atoms with E-state index in [1.807, 2.05) is 18.2 Å². The number of halogens is 1. The maximum atomic E-state index is 14.0. The number of nitriles is 1. The van der Waals surface area contributed by atoms with Crippen LogP contribution in [0.2, 0.25) is 0 Å². The van der Waals surface area contributed by atoms with Crippen molar-refractivity contribution in [3.63, 3.8) is 0 Å². The Morgan fingerprint density at radius 1 is 1.21 bits per heavy atom. The highest BCUT2D eigenvalue weighted by Gasteiger charge is 2.15. The van der Waals surface area contributed by atoms with Crippen molar-refractivity contribution in [1.29, 1.82) is 5.26 Å². The van der Waals surface area contributed by atoms with E-state index in [0.717, 1.165) is 24.3 Å². The van der Waals surface area contributed by atoms with Crippen LogP contribution in [-0.4, -0.2) is 20.2 Å². The Balaban J connectivity index is 1.99. The van der Waals surface area contributed by atoms with Gasteiger partial charge in [-0.25, -0.2) is 4.39 Å². The van der Waals surface area contributed by atoms with Gasteiger partial charge in [0.2, 0.25) is 0 Å². The molecule has 3 rings (SSSR count). The minimum Gasteiger partial charge on any atom is -0.496 e. The molecule has 1 aliphatic rings. The van der Waals surface area contributed by atoms with Crippen LogP contribution in [0.5, 0.6) is 5.75 Å². The van der Waals surface area contributed by atoms with Gasteiger partial charge in [-0.2, -0.15) is 5.26 Å². The van der Waals surface area contributed by atoms with Crippen LogP contribution in [0.3, 0.4) is 0 Å². The Hall–Kier alpha value is -2.80. The molecule has 2 aromatic carbocycles. The molecule has 0 atom stereocenters. The zero-order valence-electron chi connectivity index (χ0n) is 13.6. The lowest BCUT2D eigenvalue weighted by molar-refractivity contribution is 0.414. The van der Waals surface area contributed by atoms with Crippen LogP contribution >= 0.6 is 0 Å². The topological polar surface area (TPSA) is 36.3 Å². The standard InChI is InChI=1S/C20H19FN2O/c1-24-20-13-17(23-10-4-5-11-23)9-8-15(20)12-16(14-22)18-6-2-3-7-19(18)21/h2-3,6-9,12-13H,4-5,10-11H2,1H3/b16-12-. The summed E-state index contributed by atoms with van der Waals surface area (Å²) in [5.41, 5.74) is 2.46. The second-order valence-corrected chi connectivity index (χ2v) is 5.77. The van der Waals surface area contributed by atoms with Crippen LogP contribution in [-0.2, 0) is 0 Å². The summed E-state index contributed by atoms with van der Waals surface area (Å²) in [6.45, 7) is 2.11. The van der Waals surface area contributed by atoms with Gasteiger partial charge in [0.1, 0.15) is 11.6 Å². The highest BCUT2D eigenvalue weighted by Crippen LogP contribution is 2.31. The van der Waals surface area contributed by atoms with E-state index in [9.17, 15) is 9.65 Å². The first-order chi connectivity index (χ1) is 11.7. The maximum absolute atomic E-state index is 14.0. The van der Waals surface area contributed by atoms with Crippen molar-refractivity contribution < 1.29 is 9.13 Å². The Labute approximate surface area is 141 Å². The SMILES string of the molecule is COc1cc(N2CCCC2)ccc1/C=C(/C#N)c1ccccc1F. The third-order valence-electron chi connectivity index (χ3n) is 4.27. The first-order valence-corrected chi connectivity index (χ1v) is 8.02. The summed E-state index contributed by atoms with van der Waals surface area (Å²) in [5.74, 6) is 0.279. The number of allylic oxidation sites excluding steroid dienone is 1. The number of rotatable bonds is 4. The zero-order chi connectivity index (χ0) is 16.9. The summed E-state index contributed by atoms with van der Waals surface area (Å²) >= 11 is 0. The van der Waals surface area contributed by atoms with Gasteiger partial charge in [-0.3, -0.25) is 0 Å². The van der Waals surface area contributed by atoms with E-state index in [2.05, 4.69) is 11.0 Å². The molecule has 0 bridgehead atoms. The van der Waals surface area contributed by atoms with Gasteiger partial charge in [0.05, 0.1) is 18.8 Å². The van der Waals surface area contributed by atoms with Crippen LogP contribution in [0, 0.1) is 17.1 Å². The van der Waals surface area contributed by atoms with Crippen LogP contribution in [0.15, 0.2) is 42.5 Å². The van der Waals surface area contributed by atoms with Crippen molar-refractivity contribution in [2.24, 2.45) is 0 Å². The van der Waals surface area contributed by atoms with E-state index in [-0.39, 0.29) is 5.57 Å². The molecule has 1 aliphatic heterocycles. The van der Waals surface area contributed by atoms with E-state index in [1.54, 1.807) is 31.4 Å². The van der Waals surface area contributed by atoms with Crippen molar-refractivity contribution in [1.82, 2.24) is 0 Å². The molecule has 122 valence electrons. The van der Waals surface area contributed by atoms with Gasteiger partial charge < -0.3 is 9.64 Å². The quantitative estimate of drug-likeness (QED) is 0.614. The monoisotopic (exact) mass is 322 g/mol. The summed E-state index contributed by atoms with van der Waals surface area (Å²) in [7, 11) is 1.61. The summed E-state index contributed by atoms with van der Waals surface area (Å²) < 4.78 is 19.4. The summed E-state index contributed by atoms with van der Waals surface area (Å²) in [5, 5.41) is 9.42. The number of hydrogen-bond acceptors (Lipinski definition) is 3. The van der Waals surface area contributed by atoms with Gasteiger partial charge in [-0.1, -0.05) is 18.2 Å². The number of methoxy groups -OCH3 is 1. The maximum Gasteiger partial charge on any atom is 0.131 e. The molecule has 0 amide bonds. The summed E-state index contributed by atoms with van der Waals surface area (Å²) in [6.07, 6.45) is 4.08. The lowest BCUT2D eigenvalue weighted by atomic mass is 10.0. The predicted molar refractivity (Wildman–Crippen MR) is 94.3 cm³/mol. The molecule has 1 saturated heterocycles. The van der Waals surface area contributed by atoms with E-state index in [4.69, 9.17) is 4.74 Å². The van der Waals surface area contributed by atoms with Crippen LogP contribution in [0.25, 0.3) is 11.6 Å². The van der Waals surface area contributed by atoms with Crippen LogP contribution in [0.1, 0.15) is 24.0 Å².